The van der Waals surface area contributed by atoms with Crippen molar-refractivity contribution in [1.29, 1.82) is 0 Å². The average Bonchev–Trinajstić information content (AvgIpc) is 3.35. The van der Waals surface area contributed by atoms with Crippen molar-refractivity contribution in [2.75, 3.05) is 7.11 Å². The molecule has 2 aromatic heterocycles. The second-order valence-corrected chi connectivity index (χ2v) is 7.99. The monoisotopic (exact) mass is 444 g/mol. The van der Waals surface area contributed by atoms with Crippen molar-refractivity contribution in [3.63, 3.8) is 0 Å². The van der Waals surface area contributed by atoms with Gasteiger partial charge in [0, 0.05) is 12.6 Å². The Kier molecular flexibility index (Phi) is 5.48. The van der Waals surface area contributed by atoms with E-state index < -0.39 is 18.2 Å². The molecule has 33 heavy (non-hydrogen) atoms. The van der Waals surface area contributed by atoms with E-state index in [0.717, 1.165) is 16.8 Å². The normalized spacial score (nSPS) is 17.1. The molecular weight excluding hydrogens is 420 g/mol. The van der Waals surface area contributed by atoms with Crippen molar-refractivity contribution < 1.29 is 24.1 Å². The molecule has 0 unspecified atom stereocenters. The van der Waals surface area contributed by atoms with Gasteiger partial charge in [0.1, 0.15) is 11.9 Å². The minimum Gasteiger partial charge on any atom is -0.497 e. The molecule has 0 amide bonds. The number of rotatable bonds is 6. The van der Waals surface area contributed by atoms with E-state index >= 15 is 0 Å². The van der Waals surface area contributed by atoms with Gasteiger partial charge in [-0.2, -0.15) is 0 Å². The Bertz CT molecular complexity index is 1330. The Morgan fingerprint density at radius 1 is 1.15 bits per heavy atom. The van der Waals surface area contributed by atoms with E-state index in [1.54, 1.807) is 31.4 Å². The van der Waals surface area contributed by atoms with E-state index in [0.29, 0.717) is 34.8 Å². The lowest BCUT2D eigenvalue weighted by Crippen LogP contribution is -2.26. The lowest BCUT2D eigenvalue weighted by molar-refractivity contribution is -0.00287. The highest BCUT2D eigenvalue weighted by atomic mass is 16.6. The van der Waals surface area contributed by atoms with Crippen LogP contribution >= 0.6 is 0 Å². The molecule has 2 heterocycles. The highest BCUT2D eigenvalue weighted by Crippen LogP contribution is 2.38. The molecule has 5 rings (SSSR count). The van der Waals surface area contributed by atoms with Crippen LogP contribution in [-0.4, -0.2) is 33.7 Å². The summed E-state index contributed by atoms with van der Waals surface area (Å²) in [4.78, 5) is 17.5. The van der Waals surface area contributed by atoms with Crippen molar-refractivity contribution in [2.45, 2.75) is 32.2 Å². The van der Waals surface area contributed by atoms with E-state index in [1.807, 2.05) is 53.9 Å². The molecule has 168 valence electrons. The van der Waals surface area contributed by atoms with E-state index in [4.69, 9.17) is 14.2 Å². The van der Waals surface area contributed by atoms with E-state index in [2.05, 4.69) is 4.98 Å². The van der Waals surface area contributed by atoms with Gasteiger partial charge in [0.05, 0.1) is 30.7 Å². The third-order valence-corrected chi connectivity index (χ3v) is 6.00. The summed E-state index contributed by atoms with van der Waals surface area (Å²) in [5.41, 5.74) is 4.54. The highest BCUT2D eigenvalue weighted by Gasteiger charge is 2.37. The van der Waals surface area contributed by atoms with Gasteiger partial charge in [0.2, 0.25) is 0 Å². The molecule has 0 saturated heterocycles. The van der Waals surface area contributed by atoms with Gasteiger partial charge in [-0.15, -0.1) is 0 Å². The number of methoxy groups -OCH3 is 1. The van der Waals surface area contributed by atoms with Gasteiger partial charge in [-0.1, -0.05) is 30.3 Å². The van der Waals surface area contributed by atoms with Gasteiger partial charge in [0.25, 0.3) is 0 Å². The molecule has 0 saturated carbocycles. The van der Waals surface area contributed by atoms with Crippen molar-refractivity contribution in [3.05, 3.63) is 94.9 Å². The van der Waals surface area contributed by atoms with Crippen LogP contribution in [0.15, 0.2) is 66.9 Å². The van der Waals surface area contributed by atoms with Gasteiger partial charge in [-0.05, 0) is 48.4 Å². The second kappa shape index (κ2) is 8.60. The molecule has 0 bridgehead atoms. The summed E-state index contributed by atoms with van der Waals surface area (Å²) >= 11 is 0. The minimum atomic E-state index is -0.505. The zero-order valence-corrected chi connectivity index (χ0v) is 18.4. The summed E-state index contributed by atoms with van der Waals surface area (Å²) in [6.45, 7) is 1.73. The number of ether oxygens (including phenoxy) is 3. The third kappa shape index (κ3) is 3.81. The van der Waals surface area contributed by atoms with Crippen molar-refractivity contribution in [3.8, 4) is 11.5 Å². The first-order valence-corrected chi connectivity index (χ1v) is 10.8. The Morgan fingerprint density at radius 3 is 2.82 bits per heavy atom. The molecule has 0 radical (unpaired) electrons. The molecular formula is C26H24N2O5. The number of hydrogen-bond acceptors (Lipinski definition) is 6. The molecule has 0 aliphatic heterocycles. The molecule has 1 aliphatic carbocycles. The molecule has 0 spiro atoms. The van der Waals surface area contributed by atoms with Crippen LogP contribution in [0.1, 0.15) is 39.0 Å². The molecule has 1 N–H and O–H groups in total. The number of aromatic nitrogens is 2. The second-order valence-electron chi connectivity index (χ2n) is 7.99. The number of carbonyl (C=O) groups is 1. The number of aliphatic hydroxyl groups is 1. The first-order chi connectivity index (χ1) is 16.1. The maximum atomic E-state index is 12.9. The molecule has 7 nitrogen and oxygen atoms in total. The minimum absolute atomic E-state index is 0.122. The van der Waals surface area contributed by atoms with E-state index in [9.17, 15) is 9.90 Å². The summed E-state index contributed by atoms with van der Waals surface area (Å²) in [6.07, 6.45) is 1.40. The molecule has 0 fully saturated rings. The van der Waals surface area contributed by atoms with Gasteiger partial charge in [-0.25, -0.2) is 9.78 Å². The number of esters is 1. The van der Waals surface area contributed by atoms with E-state index in [1.165, 1.54) is 0 Å². The zero-order chi connectivity index (χ0) is 22.9. The number of aliphatic hydroxyl groups excluding tert-OH is 1. The standard InChI is InChI=1S/C26H24N2O5/c1-16-21(15-29)28-12-6-11-22(25(28)27-16)32-24-20-10-4-3-7-17(20)14-23(24)33-26(30)18-8-5-9-19(13-18)31-2/h3-13,23-24,29H,14-15H2,1-2H3/t23-,24-/m1/s1. The lowest BCUT2D eigenvalue weighted by Gasteiger charge is -2.22. The Hall–Kier alpha value is -3.84. The predicted molar refractivity (Wildman–Crippen MR) is 122 cm³/mol. The number of benzene rings is 2. The zero-order valence-electron chi connectivity index (χ0n) is 18.4. The van der Waals surface area contributed by atoms with E-state index in [-0.39, 0.29) is 6.61 Å². The smallest absolute Gasteiger partial charge is 0.338 e. The fourth-order valence-electron chi connectivity index (χ4n) is 4.34. The average molecular weight is 444 g/mol. The van der Waals surface area contributed by atoms with Crippen molar-refractivity contribution >= 4 is 11.6 Å². The quantitative estimate of drug-likeness (QED) is 0.452. The maximum Gasteiger partial charge on any atom is 0.338 e. The number of imidazole rings is 1. The van der Waals surface area contributed by atoms with Gasteiger partial charge in [0.15, 0.2) is 17.5 Å². The van der Waals surface area contributed by atoms with Crippen molar-refractivity contribution in [2.24, 2.45) is 0 Å². The van der Waals surface area contributed by atoms with Gasteiger partial charge < -0.3 is 19.3 Å². The maximum absolute atomic E-state index is 12.9. The third-order valence-electron chi connectivity index (χ3n) is 6.00. The molecule has 2 aromatic carbocycles. The van der Waals surface area contributed by atoms with Crippen LogP contribution in [0.2, 0.25) is 0 Å². The molecule has 7 heteroatoms. The van der Waals surface area contributed by atoms with Crippen LogP contribution in [0.4, 0.5) is 0 Å². The number of nitrogens with zero attached hydrogens (tertiary/aromatic N) is 2. The lowest BCUT2D eigenvalue weighted by atomic mass is 10.1. The van der Waals surface area contributed by atoms with Crippen LogP contribution in [0, 0.1) is 6.92 Å². The van der Waals surface area contributed by atoms with Crippen molar-refractivity contribution in [1.82, 2.24) is 9.38 Å². The summed E-state index contributed by atoms with van der Waals surface area (Å²) in [6, 6.07) is 18.5. The van der Waals surface area contributed by atoms with Crippen LogP contribution in [0.3, 0.4) is 0 Å². The molecule has 4 aromatic rings. The Morgan fingerprint density at radius 2 is 2.00 bits per heavy atom. The number of hydrogen-bond donors (Lipinski definition) is 1. The van der Waals surface area contributed by atoms with Crippen LogP contribution in [-0.2, 0) is 17.8 Å². The van der Waals surface area contributed by atoms with Crippen LogP contribution in [0.5, 0.6) is 11.5 Å². The number of carbonyl (C=O) groups excluding carboxylic acids is 1. The fourth-order valence-corrected chi connectivity index (χ4v) is 4.34. The van der Waals surface area contributed by atoms with Gasteiger partial charge >= 0.3 is 5.97 Å². The largest absolute Gasteiger partial charge is 0.497 e. The first kappa shape index (κ1) is 21.0. The SMILES string of the molecule is COc1cccc(C(=O)O[C@@H]2Cc3ccccc3[C@H]2Oc2cccn3c(CO)c(C)nc23)c1. The first-order valence-electron chi connectivity index (χ1n) is 10.8. The van der Waals surface area contributed by atoms with Crippen LogP contribution < -0.4 is 9.47 Å². The molecule has 1 aliphatic rings. The highest BCUT2D eigenvalue weighted by molar-refractivity contribution is 5.90. The summed E-state index contributed by atoms with van der Waals surface area (Å²) in [5, 5.41) is 9.73. The Balaban J connectivity index is 1.47. The summed E-state index contributed by atoms with van der Waals surface area (Å²) in [7, 11) is 1.56. The summed E-state index contributed by atoms with van der Waals surface area (Å²) < 4.78 is 19.4. The van der Waals surface area contributed by atoms with Crippen LogP contribution in [0.25, 0.3) is 5.65 Å². The predicted octanol–water partition coefficient (Wildman–Crippen LogP) is 4.05. The topological polar surface area (TPSA) is 82.3 Å². The van der Waals surface area contributed by atoms with Gasteiger partial charge in [-0.3, -0.25) is 4.40 Å². The number of pyridine rings is 1. The fraction of sp³-hybridized carbons (Fsp3) is 0.231. The number of aryl methyl sites for hydroxylation is 1. The number of fused-ring (bicyclic) bond motifs is 2. The molecule has 2 atom stereocenters. The Labute approximate surface area is 191 Å². The summed E-state index contributed by atoms with van der Waals surface area (Å²) in [5.74, 6) is 0.718.